The van der Waals surface area contributed by atoms with Gasteiger partial charge < -0.3 is 5.32 Å². The second kappa shape index (κ2) is 14.5. The lowest BCUT2D eigenvalue weighted by molar-refractivity contribution is 0.571. The Kier molecular flexibility index (Phi) is 14.7. The highest BCUT2D eigenvalue weighted by atomic mass is 14.8. The molecule has 0 unspecified atom stereocenters. The lowest BCUT2D eigenvalue weighted by Crippen LogP contribution is -2.05. The third-order valence-corrected chi connectivity index (χ3v) is 2.75. The zero-order valence-corrected chi connectivity index (χ0v) is 16.7. The van der Waals surface area contributed by atoms with Crippen LogP contribution >= 0.6 is 0 Å². The molecule has 2 aromatic carbocycles. The lowest BCUT2D eigenvalue weighted by atomic mass is 9.98. The van der Waals surface area contributed by atoms with E-state index < -0.39 is 0 Å². The molecular formula is C23H35N. The van der Waals surface area contributed by atoms with Crippen LogP contribution in [0.2, 0.25) is 0 Å². The molecule has 2 rings (SSSR count). The van der Waals surface area contributed by atoms with E-state index >= 15 is 0 Å². The number of hydrogen-bond donors (Lipinski definition) is 1. The van der Waals surface area contributed by atoms with Crippen molar-refractivity contribution in [2.75, 3.05) is 7.05 Å². The van der Waals surface area contributed by atoms with E-state index in [1.807, 2.05) is 27.8 Å². The summed E-state index contributed by atoms with van der Waals surface area (Å²) in [7, 11) is 1.97. The van der Waals surface area contributed by atoms with E-state index in [1.165, 1.54) is 16.3 Å². The van der Waals surface area contributed by atoms with Crippen LogP contribution in [0.1, 0.15) is 47.1 Å². The summed E-state index contributed by atoms with van der Waals surface area (Å²) < 4.78 is 0. The van der Waals surface area contributed by atoms with Crippen molar-refractivity contribution >= 4 is 10.8 Å². The monoisotopic (exact) mass is 325 g/mol. The van der Waals surface area contributed by atoms with E-state index in [1.54, 1.807) is 0 Å². The molecule has 0 amide bonds. The zero-order chi connectivity index (χ0) is 19.0. The number of fused-ring (bicyclic) bond motifs is 1. The second-order valence-electron chi connectivity index (χ2n) is 5.79. The number of rotatable bonds is 2. The van der Waals surface area contributed by atoms with Crippen LogP contribution in [0.5, 0.6) is 0 Å². The molecule has 1 heteroatoms. The first-order valence-corrected chi connectivity index (χ1v) is 8.53. The molecule has 1 nitrogen and oxygen atoms in total. The van der Waals surface area contributed by atoms with Crippen LogP contribution in [-0.2, 0) is 6.54 Å². The highest BCUT2D eigenvalue weighted by Crippen LogP contribution is 2.17. The quantitative estimate of drug-likeness (QED) is 0.494. The van der Waals surface area contributed by atoms with E-state index in [2.05, 4.69) is 93.6 Å². The summed E-state index contributed by atoms with van der Waals surface area (Å²) in [6.07, 6.45) is 0. The van der Waals surface area contributed by atoms with Gasteiger partial charge in [0, 0.05) is 12.0 Å². The maximum Gasteiger partial charge on any atom is 0.0230 e. The summed E-state index contributed by atoms with van der Waals surface area (Å²) in [4.78, 5) is 0. The van der Waals surface area contributed by atoms with Crippen molar-refractivity contribution in [2.45, 2.75) is 48.1 Å². The topological polar surface area (TPSA) is 12.0 Å². The predicted molar refractivity (Wildman–Crippen MR) is 112 cm³/mol. The number of hydrogen-bond acceptors (Lipinski definition) is 1. The molecule has 1 N–H and O–H groups in total. The van der Waals surface area contributed by atoms with E-state index in [0.29, 0.717) is 0 Å². The van der Waals surface area contributed by atoms with E-state index in [9.17, 15) is 0 Å². The first kappa shape index (κ1) is 24.2. The maximum atomic E-state index is 3.18. The Morgan fingerprint density at radius 1 is 0.958 bits per heavy atom. The Morgan fingerprint density at radius 2 is 1.50 bits per heavy atom. The summed E-state index contributed by atoms with van der Waals surface area (Å²) in [5, 5.41) is 5.84. The highest BCUT2D eigenvalue weighted by molar-refractivity contribution is 5.85. The molecule has 0 atom stereocenters. The molecule has 0 bridgehead atoms. The van der Waals surface area contributed by atoms with Gasteiger partial charge in [0.05, 0.1) is 0 Å². The van der Waals surface area contributed by atoms with Crippen LogP contribution in [0.4, 0.5) is 0 Å². The van der Waals surface area contributed by atoms with Gasteiger partial charge in [0.1, 0.15) is 0 Å². The molecule has 0 fully saturated rings. The second-order valence-corrected chi connectivity index (χ2v) is 5.79. The first-order chi connectivity index (χ1) is 11.5. The minimum atomic E-state index is 0.189. The molecular weight excluding hydrogens is 290 g/mol. The van der Waals surface area contributed by atoms with Crippen molar-refractivity contribution in [3.63, 3.8) is 0 Å². The third kappa shape index (κ3) is 10.6. The normalized spacial score (nSPS) is 8.96. The fourth-order valence-corrected chi connectivity index (χ4v) is 2.01. The van der Waals surface area contributed by atoms with Crippen LogP contribution in [-0.4, -0.2) is 7.05 Å². The van der Waals surface area contributed by atoms with Crippen molar-refractivity contribution in [1.82, 2.24) is 5.32 Å². The molecule has 0 aliphatic rings. The lowest BCUT2D eigenvalue weighted by Gasteiger charge is -2.05. The summed E-state index contributed by atoms with van der Waals surface area (Å²) in [5.74, 6) is 5.89. The van der Waals surface area contributed by atoms with Gasteiger partial charge in [-0.05, 0) is 51.1 Å². The largest absolute Gasteiger partial charge is 0.316 e. The average molecular weight is 326 g/mol. The molecule has 0 radical (unpaired) electrons. The maximum absolute atomic E-state index is 3.18. The van der Waals surface area contributed by atoms with Gasteiger partial charge in [-0.2, -0.15) is 0 Å². The van der Waals surface area contributed by atoms with Gasteiger partial charge in [-0.3, -0.25) is 0 Å². The van der Waals surface area contributed by atoms with Gasteiger partial charge >= 0.3 is 0 Å². The van der Waals surface area contributed by atoms with Gasteiger partial charge in [0.25, 0.3) is 0 Å². The highest BCUT2D eigenvalue weighted by Gasteiger charge is 2.01. The summed E-state index contributed by atoms with van der Waals surface area (Å²) >= 11 is 0. The summed E-state index contributed by atoms with van der Waals surface area (Å²) in [6.45, 7) is 19.1. The molecule has 132 valence electrons. The molecule has 0 heterocycles. The third-order valence-electron chi connectivity index (χ3n) is 2.75. The van der Waals surface area contributed by atoms with Crippen molar-refractivity contribution < 1.29 is 0 Å². The Bertz CT molecular complexity index is 604. The molecule has 0 saturated carbocycles. The number of nitrogens with one attached hydrogen (secondary N) is 1. The van der Waals surface area contributed by atoms with Crippen molar-refractivity contribution in [3.8, 4) is 11.8 Å². The Balaban J connectivity index is 0. The minimum absolute atomic E-state index is 0.189. The Labute approximate surface area is 150 Å². The smallest absolute Gasteiger partial charge is 0.0230 e. The zero-order valence-electron chi connectivity index (χ0n) is 16.7. The SMILES string of the molecule is C=C.CC.CC#CC(C)(C)C.CNCc1cccc2ccccc12. The molecule has 0 aliphatic carbocycles. The van der Waals surface area contributed by atoms with Crippen molar-refractivity contribution in [2.24, 2.45) is 5.41 Å². The Hall–Kier alpha value is -2.04. The van der Waals surface area contributed by atoms with Gasteiger partial charge in [-0.1, -0.05) is 62.2 Å². The molecule has 0 spiro atoms. The molecule has 2 aromatic rings. The minimum Gasteiger partial charge on any atom is -0.316 e. The van der Waals surface area contributed by atoms with Crippen LogP contribution in [0.25, 0.3) is 10.8 Å². The van der Waals surface area contributed by atoms with Gasteiger partial charge in [-0.25, -0.2) is 0 Å². The van der Waals surface area contributed by atoms with Crippen molar-refractivity contribution in [1.29, 1.82) is 0 Å². The molecule has 0 aromatic heterocycles. The fourth-order valence-electron chi connectivity index (χ4n) is 2.01. The fraction of sp³-hybridized carbons (Fsp3) is 0.391. The van der Waals surface area contributed by atoms with E-state index in [-0.39, 0.29) is 5.41 Å². The Morgan fingerprint density at radius 3 is 1.96 bits per heavy atom. The van der Waals surface area contributed by atoms with Gasteiger partial charge in [0.15, 0.2) is 0 Å². The van der Waals surface area contributed by atoms with Crippen LogP contribution in [0.15, 0.2) is 55.6 Å². The summed E-state index contributed by atoms with van der Waals surface area (Å²) in [5.41, 5.74) is 1.55. The molecule has 24 heavy (non-hydrogen) atoms. The van der Waals surface area contributed by atoms with Crippen molar-refractivity contribution in [3.05, 3.63) is 61.2 Å². The average Bonchev–Trinajstić information content (AvgIpc) is 2.59. The van der Waals surface area contributed by atoms with Crippen LogP contribution in [0.3, 0.4) is 0 Å². The van der Waals surface area contributed by atoms with Crippen LogP contribution < -0.4 is 5.32 Å². The standard InChI is InChI=1S/C12H13N.C7H12.C2H6.C2H4/c1-13-9-11-7-4-6-10-5-2-3-8-12(10)11;1-5-6-7(2,3)4;2*1-2/h2-8,13H,9H2,1H3;1-4H3;1-2H3;1-2H2. The predicted octanol–water partition coefficient (Wildman–Crippen LogP) is 6.44. The van der Waals surface area contributed by atoms with Crippen LogP contribution in [0, 0.1) is 17.3 Å². The van der Waals surface area contributed by atoms with Gasteiger partial charge in [0.2, 0.25) is 0 Å². The van der Waals surface area contributed by atoms with Gasteiger partial charge in [-0.15, -0.1) is 19.1 Å². The van der Waals surface area contributed by atoms with E-state index in [4.69, 9.17) is 0 Å². The first-order valence-electron chi connectivity index (χ1n) is 8.53. The molecule has 0 aliphatic heterocycles. The molecule has 0 saturated heterocycles. The van der Waals surface area contributed by atoms with E-state index in [0.717, 1.165) is 6.54 Å². The number of benzene rings is 2. The summed E-state index contributed by atoms with van der Waals surface area (Å²) in [6, 6.07) is 14.9.